The van der Waals surface area contributed by atoms with Gasteiger partial charge in [0.2, 0.25) is 0 Å². The molecule has 3 saturated carbocycles. The fourth-order valence-corrected chi connectivity index (χ4v) is 4.68. The van der Waals surface area contributed by atoms with Crippen LogP contribution in [0.15, 0.2) is 34.0 Å². The van der Waals surface area contributed by atoms with E-state index in [4.69, 9.17) is 9.41 Å². The molecule has 6 rings (SSSR count). The van der Waals surface area contributed by atoms with Gasteiger partial charge >= 0.3 is 0 Å². The molecule has 5 heteroatoms. The summed E-state index contributed by atoms with van der Waals surface area (Å²) >= 11 is 0. The van der Waals surface area contributed by atoms with E-state index in [0.717, 1.165) is 40.9 Å². The summed E-state index contributed by atoms with van der Waals surface area (Å²) in [6.07, 6.45) is 11.3. The van der Waals surface area contributed by atoms with E-state index in [1.165, 1.54) is 32.1 Å². The fourth-order valence-electron chi connectivity index (χ4n) is 4.68. The van der Waals surface area contributed by atoms with Crippen LogP contribution in [0.2, 0.25) is 0 Å². The molecular weight excluding hydrogens is 276 g/mol. The summed E-state index contributed by atoms with van der Waals surface area (Å²) < 4.78 is 5.33. The van der Waals surface area contributed by atoms with Gasteiger partial charge in [-0.1, -0.05) is 12.8 Å². The minimum absolute atomic E-state index is 0.236. The molecule has 5 nitrogen and oxygen atoms in total. The summed E-state index contributed by atoms with van der Waals surface area (Å²) in [4.78, 5) is 9.09. The van der Waals surface area contributed by atoms with Crippen LogP contribution >= 0.6 is 0 Å². The van der Waals surface area contributed by atoms with Crippen LogP contribution in [0.3, 0.4) is 0 Å². The van der Waals surface area contributed by atoms with E-state index in [0.29, 0.717) is 0 Å². The van der Waals surface area contributed by atoms with Crippen LogP contribution in [0.25, 0.3) is 11.0 Å². The van der Waals surface area contributed by atoms with Crippen molar-refractivity contribution in [3.8, 4) is 0 Å². The summed E-state index contributed by atoms with van der Waals surface area (Å²) in [5.41, 5.74) is 7.95. The number of aromatic nitrogens is 1. The highest BCUT2D eigenvalue weighted by molar-refractivity contribution is 5.88. The van der Waals surface area contributed by atoms with Gasteiger partial charge in [0, 0.05) is 17.3 Å². The lowest BCUT2D eigenvalue weighted by Gasteiger charge is -2.49. The molecule has 2 bridgehead atoms. The molecule has 4 aliphatic rings. The number of hydrogen-bond acceptors (Lipinski definition) is 4. The molecule has 114 valence electrons. The molecule has 1 atom stereocenters. The Hall–Kier alpha value is -1.88. The van der Waals surface area contributed by atoms with Crippen LogP contribution in [-0.2, 0) is 0 Å². The fraction of sp³-hybridized carbons (Fsp3) is 0.529. The number of fused-ring (bicyclic) bond motifs is 3. The van der Waals surface area contributed by atoms with Gasteiger partial charge in [-0.05, 0) is 43.2 Å². The van der Waals surface area contributed by atoms with E-state index in [1.807, 2.05) is 12.1 Å². The Morgan fingerprint density at radius 2 is 2.18 bits per heavy atom. The second-order valence-electron chi connectivity index (χ2n) is 7.06. The van der Waals surface area contributed by atoms with Gasteiger partial charge in [0.25, 0.3) is 0 Å². The minimum Gasteiger partial charge on any atom is -0.463 e. The lowest BCUT2D eigenvalue weighted by Crippen LogP contribution is -2.55. The van der Waals surface area contributed by atoms with Crippen molar-refractivity contribution in [3.05, 3.63) is 24.6 Å². The standard InChI is InChI=1S/C17H20N4O/c1-3-13-4-2-11(1)8-17(13)9-16(20-21-17)19-15-7-12-5-6-22-14(12)10-18-15/h5-7,10-11,13,21H,1-4,8-9H2,(H,18,19,20). The van der Waals surface area contributed by atoms with Crippen LogP contribution in [-0.4, -0.2) is 16.4 Å². The highest BCUT2D eigenvalue weighted by Gasteiger charge is 2.50. The second kappa shape index (κ2) is 4.56. The van der Waals surface area contributed by atoms with Gasteiger partial charge in [0.05, 0.1) is 12.5 Å². The predicted octanol–water partition coefficient (Wildman–Crippen LogP) is 3.30. The molecule has 2 aromatic heterocycles. The minimum atomic E-state index is 0.236. The summed E-state index contributed by atoms with van der Waals surface area (Å²) in [5.74, 6) is 3.46. The predicted molar refractivity (Wildman–Crippen MR) is 84.8 cm³/mol. The van der Waals surface area contributed by atoms with Gasteiger partial charge in [-0.25, -0.2) is 15.4 Å². The maximum Gasteiger partial charge on any atom is 0.154 e. The number of nitrogens with zero attached hydrogens (tertiary/aromatic N) is 2. The lowest BCUT2D eigenvalue weighted by atomic mass is 9.60. The molecule has 1 unspecified atom stereocenters. The van der Waals surface area contributed by atoms with Gasteiger partial charge in [0.1, 0.15) is 5.84 Å². The first-order valence-corrected chi connectivity index (χ1v) is 8.25. The highest BCUT2D eigenvalue weighted by atomic mass is 16.3. The number of nitrogens with one attached hydrogen (secondary N) is 2. The largest absolute Gasteiger partial charge is 0.463 e. The first kappa shape index (κ1) is 12.6. The van der Waals surface area contributed by atoms with Crippen LogP contribution in [0, 0.1) is 11.8 Å². The average Bonchev–Trinajstić information content (AvgIpc) is 3.16. The monoisotopic (exact) mass is 296 g/mol. The molecule has 0 aromatic carbocycles. The summed E-state index contributed by atoms with van der Waals surface area (Å²) in [6, 6.07) is 3.92. The molecule has 0 radical (unpaired) electrons. The number of hydrazine groups is 1. The van der Waals surface area contributed by atoms with Crippen molar-refractivity contribution in [1.82, 2.24) is 15.8 Å². The highest BCUT2D eigenvalue weighted by Crippen LogP contribution is 2.49. The number of hydrogen-bond donors (Lipinski definition) is 2. The number of amidine groups is 1. The van der Waals surface area contributed by atoms with Crippen molar-refractivity contribution >= 4 is 22.6 Å². The number of pyridine rings is 1. The average molecular weight is 296 g/mol. The number of furan rings is 1. The van der Waals surface area contributed by atoms with Gasteiger partial charge < -0.3 is 9.84 Å². The zero-order valence-corrected chi connectivity index (χ0v) is 12.5. The van der Waals surface area contributed by atoms with Crippen molar-refractivity contribution in [1.29, 1.82) is 0 Å². The van der Waals surface area contributed by atoms with Crippen molar-refractivity contribution in [2.45, 2.75) is 44.1 Å². The summed E-state index contributed by atoms with van der Waals surface area (Å²) in [5, 5.41) is 1.05. The first-order valence-electron chi connectivity index (χ1n) is 8.25. The first-order chi connectivity index (χ1) is 10.8. The Morgan fingerprint density at radius 3 is 3.00 bits per heavy atom. The molecule has 3 heterocycles. The Balaban J connectivity index is 1.42. The van der Waals surface area contributed by atoms with Crippen LogP contribution < -0.4 is 10.9 Å². The molecule has 1 spiro atoms. The Labute approximate surface area is 129 Å². The molecule has 0 amide bonds. The molecule has 3 aliphatic carbocycles. The maximum atomic E-state index is 5.33. The van der Waals surface area contributed by atoms with E-state index in [1.54, 1.807) is 12.5 Å². The topological polar surface area (TPSA) is 62.5 Å². The van der Waals surface area contributed by atoms with Gasteiger partial charge in [-0.15, -0.1) is 0 Å². The SMILES string of the molecule is c1cc2cc(N=C3CC4(CC5CCC4CC5)NN3)ncc2o1. The molecule has 1 aliphatic heterocycles. The third kappa shape index (κ3) is 1.88. The van der Waals surface area contributed by atoms with Gasteiger partial charge in [0.15, 0.2) is 11.4 Å². The van der Waals surface area contributed by atoms with Crippen LogP contribution in [0.5, 0.6) is 0 Å². The number of aliphatic imine (C=N–C) groups is 1. The lowest BCUT2D eigenvalue weighted by molar-refractivity contribution is 0.0523. The van der Waals surface area contributed by atoms with Crippen molar-refractivity contribution in [2.24, 2.45) is 16.8 Å². The molecule has 1 saturated heterocycles. The smallest absolute Gasteiger partial charge is 0.154 e. The van der Waals surface area contributed by atoms with E-state index < -0.39 is 0 Å². The zero-order valence-electron chi connectivity index (χ0n) is 12.5. The second-order valence-corrected chi connectivity index (χ2v) is 7.06. The maximum absolute atomic E-state index is 5.33. The van der Waals surface area contributed by atoms with Crippen molar-refractivity contribution in [3.63, 3.8) is 0 Å². The Kier molecular flexibility index (Phi) is 2.62. The Morgan fingerprint density at radius 1 is 1.27 bits per heavy atom. The van der Waals surface area contributed by atoms with Crippen LogP contribution in [0.4, 0.5) is 5.82 Å². The quantitative estimate of drug-likeness (QED) is 0.847. The summed E-state index contributed by atoms with van der Waals surface area (Å²) in [6.45, 7) is 0. The molecule has 4 fully saturated rings. The third-order valence-electron chi connectivity index (χ3n) is 5.80. The molecule has 2 N–H and O–H groups in total. The summed E-state index contributed by atoms with van der Waals surface area (Å²) in [7, 11) is 0. The Bertz CT molecular complexity index is 744. The van der Waals surface area contributed by atoms with Gasteiger partial charge in [-0.3, -0.25) is 0 Å². The van der Waals surface area contributed by atoms with E-state index in [9.17, 15) is 0 Å². The molecular formula is C17H20N4O. The third-order valence-corrected chi connectivity index (χ3v) is 5.80. The molecule has 22 heavy (non-hydrogen) atoms. The molecule has 2 aromatic rings. The van der Waals surface area contributed by atoms with Gasteiger partial charge in [-0.2, -0.15) is 0 Å². The van der Waals surface area contributed by atoms with Crippen molar-refractivity contribution < 1.29 is 4.42 Å². The van der Waals surface area contributed by atoms with E-state index in [2.05, 4.69) is 15.8 Å². The normalized spacial score (nSPS) is 35.5. The zero-order chi connectivity index (χ0) is 14.6. The van der Waals surface area contributed by atoms with E-state index in [-0.39, 0.29) is 5.54 Å². The number of rotatable bonds is 1. The van der Waals surface area contributed by atoms with E-state index >= 15 is 0 Å². The van der Waals surface area contributed by atoms with Crippen LogP contribution in [0.1, 0.15) is 38.5 Å². The van der Waals surface area contributed by atoms with Crippen molar-refractivity contribution in [2.75, 3.05) is 0 Å².